The van der Waals surface area contributed by atoms with Crippen molar-refractivity contribution in [1.29, 1.82) is 0 Å². The number of nitrogens with zero attached hydrogens (tertiary/aromatic N) is 3. The Bertz CT molecular complexity index is 4480. The molecule has 68 heavy (non-hydrogen) atoms. The molecule has 316 valence electrons. The Kier molecular flexibility index (Phi) is 7.94. The van der Waals surface area contributed by atoms with Gasteiger partial charge in [-0.3, -0.25) is 0 Å². The molecule has 5 nitrogen and oxygen atoms in total. The number of hydrogen-bond donors (Lipinski definition) is 0. The number of aromatic nitrogens is 3. The van der Waals surface area contributed by atoms with Crippen molar-refractivity contribution in [2.45, 2.75) is 6.42 Å². The molecular formula is C62H35N3O2S. The van der Waals surface area contributed by atoms with Gasteiger partial charge in [0.25, 0.3) is 0 Å². The quantitative estimate of drug-likeness (QED) is 0.127. The first-order valence-corrected chi connectivity index (χ1v) is 23.8. The summed E-state index contributed by atoms with van der Waals surface area (Å²) in [6, 6.07) is 71.3. The normalized spacial score (nSPS) is 12.2. The molecule has 4 heterocycles. The first-order chi connectivity index (χ1) is 33.6. The van der Waals surface area contributed by atoms with E-state index in [-0.39, 0.29) is 0 Å². The molecule has 0 atom stereocenters. The van der Waals surface area contributed by atoms with Crippen molar-refractivity contribution in [2.24, 2.45) is 0 Å². The van der Waals surface area contributed by atoms with Gasteiger partial charge < -0.3 is 8.83 Å². The van der Waals surface area contributed by atoms with E-state index in [4.69, 9.17) is 23.8 Å². The van der Waals surface area contributed by atoms with Crippen LogP contribution < -0.4 is 0 Å². The molecule has 0 amide bonds. The summed E-state index contributed by atoms with van der Waals surface area (Å²) < 4.78 is 16.1. The Balaban J connectivity index is 1.02. The zero-order chi connectivity index (χ0) is 44.5. The van der Waals surface area contributed by atoms with Gasteiger partial charge in [0.15, 0.2) is 17.5 Å². The highest BCUT2D eigenvalue weighted by molar-refractivity contribution is 7.25. The van der Waals surface area contributed by atoms with Crippen molar-refractivity contribution in [2.75, 3.05) is 0 Å². The van der Waals surface area contributed by atoms with Crippen LogP contribution in [0.15, 0.2) is 209 Å². The molecule has 0 spiro atoms. The number of thiophene rings is 1. The van der Waals surface area contributed by atoms with Crippen LogP contribution in [-0.4, -0.2) is 15.0 Å². The molecule has 0 fully saturated rings. The van der Waals surface area contributed by atoms with Crippen LogP contribution in [0.4, 0.5) is 0 Å². The fourth-order valence-electron chi connectivity index (χ4n) is 10.7. The zero-order valence-electron chi connectivity index (χ0n) is 36.3. The van der Waals surface area contributed by atoms with E-state index < -0.39 is 0 Å². The van der Waals surface area contributed by atoms with Crippen molar-refractivity contribution < 1.29 is 8.83 Å². The lowest BCUT2D eigenvalue weighted by Crippen LogP contribution is -2.03. The fraction of sp³-hybridized carbons (Fsp3) is 0.0161. The maximum atomic E-state index is 7.21. The smallest absolute Gasteiger partial charge is 0.168 e. The van der Waals surface area contributed by atoms with E-state index in [1.54, 1.807) is 11.3 Å². The fourth-order valence-corrected chi connectivity index (χ4v) is 11.8. The molecule has 15 rings (SSSR count). The third-order valence-electron chi connectivity index (χ3n) is 13.9. The average molecular weight is 886 g/mol. The van der Waals surface area contributed by atoms with Gasteiger partial charge in [-0.05, 0) is 104 Å². The van der Waals surface area contributed by atoms with E-state index in [1.807, 2.05) is 18.2 Å². The number of para-hydroxylation sites is 1. The molecular weight excluding hydrogens is 851 g/mol. The number of hydrogen-bond acceptors (Lipinski definition) is 6. The molecule has 0 aliphatic rings. The maximum Gasteiger partial charge on any atom is 0.168 e. The number of benzene rings is 11. The minimum absolute atomic E-state index is 0.547. The summed E-state index contributed by atoms with van der Waals surface area (Å²) in [6.07, 6.45) is 0.609. The summed E-state index contributed by atoms with van der Waals surface area (Å²) in [5.74, 6) is 1.68. The molecule has 6 heteroatoms. The lowest BCUT2D eigenvalue weighted by molar-refractivity contribution is 0.669. The molecule has 11 aromatic carbocycles. The van der Waals surface area contributed by atoms with Gasteiger partial charge in [-0.25, -0.2) is 15.0 Å². The topological polar surface area (TPSA) is 65.0 Å². The van der Waals surface area contributed by atoms with Gasteiger partial charge in [0.05, 0.1) is 5.56 Å². The van der Waals surface area contributed by atoms with E-state index in [1.165, 1.54) is 58.1 Å². The van der Waals surface area contributed by atoms with Gasteiger partial charge in [-0.1, -0.05) is 152 Å². The molecule has 0 saturated carbocycles. The highest BCUT2D eigenvalue weighted by Crippen LogP contribution is 2.43. The Morgan fingerprint density at radius 3 is 1.75 bits per heavy atom. The summed E-state index contributed by atoms with van der Waals surface area (Å²) in [6.45, 7) is 0. The van der Waals surface area contributed by atoms with Crippen molar-refractivity contribution in [3.63, 3.8) is 0 Å². The predicted octanol–water partition coefficient (Wildman–Crippen LogP) is 17.2. The van der Waals surface area contributed by atoms with Crippen LogP contribution >= 0.6 is 11.3 Å². The summed E-state index contributed by atoms with van der Waals surface area (Å²) in [5, 5.41) is 16.2. The van der Waals surface area contributed by atoms with Gasteiger partial charge in [-0.2, -0.15) is 0 Å². The molecule has 15 aromatic rings. The maximum absolute atomic E-state index is 7.21. The number of rotatable bonds is 5. The molecule has 0 unspecified atom stereocenters. The second-order valence-electron chi connectivity index (χ2n) is 17.8. The molecule has 0 aliphatic carbocycles. The molecule has 0 N–H and O–H groups in total. The van der Waals surface area contributed by atoms with Gasteiger partial charge in [0.2, 0.25) is 0 Å². The van der Waals surface area contributed by atoms with E-state index in [0.717, 1.165) is 76.9 Å². The Morgan fingerprint density at radius 2 is 0.912 bits per heavy atom. The first-order valence-electron chi connectivity index (χ1n) is 22.9. The van der Waals surface area contributed by atoms with E-state index >= 15 is 0 Å². The first kappa shape index (κ1) is 37.5. The average Bonchev–Trinajstić information content (AvgIpc) is 4.09. The van der Waals surface area contributed by atoms with Crippen LogP contribution in [0.3, 0.4) is 0 Å². The third kappa shape index (κ3) is 5.71. The highest BCUT2D eigenvalue weighted by atomic mass is 32.1. The van der Waals surface area contributed by atoms with E-state index in [2.05, 4.69) is 182 Å². The van der Waals surface area contributed by atoms with Crippen LogP contribution in [0.1, 0.15) is 11.1 Å². The Hall–Kier alpha value is -8.71. The Labute approximate surface area is 392 Å². The predicted molar refractivity (Wildman–Crippen MR) is 283 cm³/mol. The second kappa shape index (κ2) is 14.4. The van der Waals surface area contributed by atoms with Crippen LogP contribution in [0.2, 0.25) is 0 Å². The molecule has 0 bridgehead atoms. The van der Waals surface area contributed by atoms with Crippen LogP contribution in [0.5, 0.6) is 0 Å². The standard InChI is InChI=1S/C62H35N3O2S/c1-2-13-37-32-52-43-15-5-4-14-38(43)29-42(51(52)31-36(37)12-1)30-39-22-28-50-49-27-21-35-11-3-6-16-44(35)58(49)67-59(50)57(39)62-64-60(40-23-25-46-45-17-7-9-19-53(45)66-54(46)33-40)63-61(65-62)41-24-26-48-47-18-8-10-20-55(47)68-56(48)34-41/h1-29,31-34H,30H2. The largest absolute Gasteiger partial charge is 0.456 e. The van der Waals surface area contributed by atoms with Gasteiger partial charge in [-0.15, -0.1) is 11.3 Å². The minimum atomic E-state index is 0.547. The van der Waals surface area contributed by atoms with Crippen molar-refractivity contribution in [3.8, 4) is 34.2 Å². The lowest BCUT2D eigenvalue weighted by Gasteiger charge is -2.15. The van der Waals surface area contributed by atoms with Gasteiger partial charge in [0.1, 0.15) is 22.3 Å². The van der Waals surface area contributed by atoms with Gasteiger partial charge >= 0.3 is 0 Å². The van der Waals surface area contributed by atoms with Crippen molar-refractivity contribution in [3.05, 3.63) is 211 Å². The summed E-state index contributed by atoms with van der Waals surface area (Å²) >= 11 is 1.79. The van der Waals surface area contributed by atoms with Crippen LogP contribution in [0.25, 0.3) is 141 Å². The molecule has 0 radical (unpaired) electrons. The lowest BCUT2D eigenvalue weighted by atomic mass is 9.90. The van der Waals surface area contributed by atoms with Crippen molar-refractivity contribution >= 4 is 118 Å². The van der Waals surface area contributed by atoms with E-state index in [0.29, 0.717) is 23.9 Å². The number of furan rings is 2. The van der Waals surface area contributed by atoms with Crippen LogP contribution in [-0.2, 0) is 6.42 Å². The SMILES string of the molecule is c1ccc2cc3c(cc2c1)c(Cc1ccc2c(oc4c5ccccc5ccc24)c1-c1nc(-c2ccc4c(c2)oc2ccccc24)nc(-c2ccc4c(c2)sc2ccccc24)n1)cc1ccccc13. The minimum Gasteiger partial charge on any atom is -0.456 e. The monoisotopic (exact) mass is 885 g/mol. The van der Waals surface area contributed by atoms with E-state index in [9.17, 15) is 0 Å². The third-order valence-corrected chi connectivity index (χ3v) is 15.1. The molecule has 4 aromatic heterocycles. The van der Waals surface area contributed by atoms with Gasteiger partial charge in [0, 0.05) is 58.2 Å². The Morgan fingerprint density at radius 1 is 0.324 bits per heavy atom. The summed E-state index contributed by atoms with van der Waals surface area (Å²) in [7, 11) is 0. The molecule has 0 aliphatic heterocycles. The second-order valence-corrected chi connectivity index (χ2v) is 18.9. The number of fused-ring (bicyclic) bond motifs is 15. The summed E-state index contributed by atoms with van der Waals surface area (Å²) in [5.41, 5.74) is 8.09. The summed E-state index contributed by atoms with van der Waals surface area (Å²) in [4.78, 5) is 16.3. The van der Waals surface area contributed by atoms with Crippen LogP contribution in [0, 0.1) is 0 Å². The van der Waals surface area contributed by atoms with Crippen molar-refractivity contribution in [1.82, 2.24) is 15.0 Å². The zero-order valence-corrected chi connectivity index (χ0v) is 37.1. The highest BCUT2D eigenvalue weighted by Gasteiger charge is 2.24. The molecule has 0 saturated heterocycles.